The number of anilines is 2. The minimum Gasteiger partial charge on any atom is -0.489 e. The number of benzene rings is 2. The molecule has 3 aromatic rings. The van der Waals surface area contributed by atoms with Gasteiger partial charge in [0.1, 0.15) is 24.7 Å². The molecule has 1 aromatic heterocycles. The SMILES string of the molecule is CC(=O)N(CC(=O)Nc1ccc(OCc2ccccc2)cc1)c1cc(C)on1. The smallest absolute Gasteiger partial charge is 0.244 e. The number of amides is 2. The Balaban J connectivity index is 1.55. The molecule has 2 amide bonds. The second kappa shape index (κ2) is 8.85. The Labute approximate surface area is 162 Å². The van der Waals surface area contributed by atoms with E-state index in [1.165, 1.54) is 11.8 Å². The van der Waals surface area contributed by atoms with Crippen LogP contribution in [0.3, 0.4) is 0 Å². The van der Waals surface area contributed by atoms with Crippen LogP contribution in [0.5, 0.6) is 5.75 Å². The fourth-order valence-corrected chi connectivity index (χ4v) is 2.55. The van der Waals surface area contributed by atoms with Crippen LogP contribution in [0.15, 0.2) is 65.2 Å². The number of hydrogen-bond acceptors (Lipinski definition) is 5. The van der Waals surface area contributed by atoms with Crippen LogP contribution >= 0.6 is 0 Å². The lowest BCUT2D eigenvalue weighted by Crippen LogP contribution is -2.36. The number of carbonyl (C=O) groups is 2. The van der Waals surface area contributed by atoms with E-state index in [4.69, 9.17) is 9.26 Å². The zero-order valence-corrected chi connectivity index (χ0v) is 15.7. The first-order chi connectivity index (χ1) is 13.5. The number of nitrogens with zero attached hydrogens (tertiary/aromatic N) is 2. The Kier molecular flexibility index (Phi) is 6.06. The highest BCUT2D eigenvalue weighted by Gasteiger charge is 2.19. The molecule has 1 N–H and O–H groups in total. The Morgan fingerprint density at radius 3 is 2.43 bits per heavy atom. The molecule has 0 radical (unpaired) electrons. The first-order valence-electron chi connectivity index (χ1n) is 8.79. The maximum atomic E-state index is 12.3. The third-order valence-corrected chi connectivity index (χ3v) is 3.96. The maximum absolute atomic E-state index is 12.3. The standard InChI is InChI=1S/C21H21N3O4/c1-15-12-20(23-28-15)24(16(2)25)13-21(26)22-18-8-10-19(11-9-18)27-14-17-6-4-3-5-7-17/h3-12H,13-14H2,1-2H3,(H,22,26). The predicted molar refractivity (Wildman–Crippen MR) is 105 cm³/mol. The van der Waals surface area contributed by atoms with Gasteiger partial charge >= 0.3 is 0 Å². The highest BCUT2D eigenvalue weighted by atomic mass is 16.5. The molecule has 3 rings (SSSR count). The van der Waals surface area contributed by atoms with Crippen molar-refractivity contribution >= 4 is 23.3 Å². The quantitative estimate of drug-likeness (QED) is 0.679. The second-order valence-electron chi connectivity index (χ2n) is 6.25. The van der Waals surface area contributed by atoms with Gasteiger partial charge in [-0.25, -0.2) is 0 Å². The Morgan fingerprint density at radius 2 is 1.82 bits per heavy atom. The van der Waals surface area contributed by atoms with Gasteiger partial charge in [-0.2, -0.15) is 0 Å². The lowest BCUT2D eigenvalue weighted by Gasteiger charge is -2.17. The van der Waals surface area contributed by atoms with Crippen molar-refractivity contribution in [3.05, 3.63) is 72.0 Å². The second-order valence-corrected chi connectivity index (χ2v) is 6.25. The van der Waals surface area contributed by atoms with Gasteiger partial charge < -0.3 is 14.6 Å². The highest BCUT2D eigenvalue weighted by Crippen LogP contribution is 2.18. The van der Waals surface area contributed by atoms with Crippen molar-refractivity contribution in [1.82, 2.24) is 5.16 Å². The molecule has 0 aliphatic rings. The fraction of sp³-hybridized carbons (Fsp3) is 0.190. The maximum Gasteiger partial charge on any atom is 0.244 e. The van der Waals surface area contributed by atoms with Crippen molar-refractivity contribution in [1.29, 1.82) is 0 Å². The summed E-state index contributed by atoms with van der Waals surface area (Å²) in [7, 11) is 0. The fourth-order valence-electron chi connectivity index (χ4n) is 2.55. The van der Waals surface area contributed by atoms with Crippen molar-refractivity contribution in [2.75, 3.05) is 16.8 Å². The van der Waals surface area contributed by atoms with Crippen LogP contribution in [0, 0.1) is 6.92 Å². The molecule has 0 saturated heterocycles. The van der Waals surface area contributed by atoms with Crippen LogP contribution in [0.2, 0.25) is 0 Å². The minimum absolute atomic E-state index is 0.159. The molecule has 0 atom stereocenters. The van der Waals surface area contributed by atoms with E-state index < -0.39 is 0 Å². The Bertz CT molecular complexity index is 936. The first-order valence-corrected chi connectivity index (χ1v) is 8.79. The van der Waals surface area contributed by atoms with Gasteiger partial charge in [0, 0.05) is 18.7 Å². The first kappa shape index (κ1) is 19.2. The molecule has 0 fully saturated rings. The van der Waals surface area contributed by atoms with Crippen molar-refractivity contribution in [2.24, 2.45) is 0 Å². The van der Waals surface area contributed by atoms with Crippen LogP contribution in [-0.4, -0.2) is 23.5 Å². The Morgan fingerprint density at radius 1 is 1.11 bits per heavy atom. The normalized spacial score (nSPS) is 10.4. The van der Waals surface area contributed by atoms with Gasteiger partial charge in [-0.1, -0.05) is 35.5 Å². The summed E-state index contributed by atoms with van der Waals surface area (Å²) in [6, 6.07) is 18.5. The summed E-state index contributed by atoms with van der Waals surface area (Å²) in [5, 5.41) is 6.55. The van der Waals surface area contributed by atoms with Gasteiger partial charge in [-0.05, 0) is 36.8 Å². The lowest BCUT2D eigenvalue weighted by molar-refractivity contribution is -0.120. The molecule has 0 unspecified atom stereocenters. The van der Waals surface area contributed by atoms with Crippen LogP contribution in [-0.2, 0) is 16.2 Å². The van der Waals surface area contributed by atoms with Crippen LogP contribution < -0.4 is 15.0 Å². The zero-order chi connectivity index (χ0) is 19.9. The summed E-state index contributed by atoms with van der Waals surface area (Å²) in [6.07, 6.45) is 0. The lowest BCUT2D eigenvalue weighted by atomic mass is 10.2. The van der Waals surface area contributed by atoms with Crippen molar-refractivity contribution in [2.45, 2.75) is 20.5 Å². The molecule has 0 aliphatic heterocycles. The van der Waals surface area contributed by atoms with Gasteiger partial charge in [0.05, 0.1) is 0 Å². The van der Waals surface area contributed by atoms with Gasteiger partial charge in [-0.3, -0.25) is 14.5 Å². The highest BCUT2D eigenvalue weighted by molar-refractivity contribution is 6.01. The number of nitrogens with one attached hydrogen (secondary N) is 1. The third kappa shape index (κ3) is 5.20. The van der Waals surface area contributed by atoms with E-state index in [0.717, 1.165) is 5.56 Å². The van der Waals surface area contributed by atoms with Gasteiger partial charge in [0.25, 0.3) is 0 Å². The third-order valence-electron chi connectivity index (χ3n) is 3.96. The average Bonchev–Trinajstić information content (AvgIpc) is 3.12. The molecule has 144 valence electrons. The number of aryl methyl sites for hydroxylation is 1. The van der Waals surface area contributed by atoms with E-state index in [0.29, 0.717) is 29.6 Å². The van der Waals surface area contributed by atoms with E-state index in [1.807, 2.05) is 30.3 Å². The summed E-state index contributed by atoms with van der Waals surface area (Å²) in [4.78, 5) is 25.4. The molecule has 1 heterocycles. The number of carbonyl (C=O) groups excluding carboxylic acids is 2. The molecule has 0 saturated carbocycles. The zero-order valence-electron chi connectivity index (χ0n) is 15.7. The van der Waals surface area contributed by atoms with Gasteiger partial charge in [0.15, 0.2) is 5.82 Å². The number of rotatable bonds is 7. The molecule has 2 aromatic carbocycles. The van der Waals surface area contributed by atoms with E-state index in [9.17, 15) is 9.59 Å². The summed E-state index contributed by atoms with van der Waals surface area (Å²) in [6.45, 7) is 3.40. The van der Waals surface area contributed by atoms with Gasteiger partial charge in [-0.15, -0.1) is 0 Å². The molecule has 28 heavy (non-hydrogen) atoms. The molecular weight excluding hydrogens is 358 g/mol. The number of aromatic nitrogens is 1. The topological polar surface area (TPSA) is 84.7 Å². The molecule has 0 bridgehead atoms. The van der Waals surface area contributed by atoms with Crippen molar-refractivity contribution in [3.63, 3.8) is 0 Å². The van der Waals surface area contributed by atoms with Crippen LogP contribution in [0.4, 0.5) is 11.5 Å². The van der Waals surface area contributed by atoms with E-state index in [-0.39, 0.29) is 18.4 Å². The number of ether oxygens (including phenoxy) is 1. The predicted octanol–water partition coefficient (Wildman–Crippen LogP) is 3.55. The summed E-state index contributed by atoms with van der Waals surface area (Å²) >= 11 is 0. The van der Waals surface area contributed by atoms with Crippen LogP contribution in [0.1, 0.15) is 18.2 Å². The largest absolute Gasteiger partial charge is 0.489 e. The summed E-state index contributed by atoms with van der Waals surface area (Å²) in [5.74, 6) is 0.935. The van der Waals surface area contributed by atoms with Crippen LogP contribution in [0.25, 0.3) is 0 Å². The molecule has 0 spiro atoms. The van der Waals surface area contributed by atoms with E-state index >= 15 is 0 Å². The summed E-state index contributed by atoms with van der Waals surface area (Å²) in [5.41, 5.74) is 1.68. The van der Waals surface area contributed by atoms with Crippen molar-refractivity contribution in [3.8, 4) is 5.75 Å². The number of hydrogen-bond donors (Lipinski definition) is 1. The van der Waals surface area contributed by atoms with E-state index in [2.05, 4.69) is 10.5 Å². The molecular formula is C21H21N3O4. The van der Waals surface area contributed by atoms with Crippen molar-refractivity contribution < 1.29 is 18.8 Å². The minimum atomic E-state index is -0.339. The molecule has 7 heteroatoms. The summed E-state index contributed by atoms with van der Waals surface area (Å²) < 4.78 is 10.7. The molecule has 0 aliphatic carbocycles. The van der Waals surface area contributed by atoms with E-state index in [1.54, 1.807) is 37.3 Å². The monoisotopic (exact) mass is 379 g/mol. The van der Waals surface area contributed by atoms with Gasteiger partial charge in [0.2, 0.25) is 11.8 Å². The Hall–Kier alpha value is -3.61. The molecule has 7 nitrogen and oxygen atoms in total. The average molecular weight is 379 g/mol.